The van der Waals surface area contributed by atoms with Crippen molar-refractivity contribution in [1.29, 1.82) is 0 Å². The Morgan fingerprint density at radius 2 is 2.00 bits per heavy atom. The summed E-state index contributed by atoms with van der Waals surface area (Å²) < 4.78 is 14.1. The first-order valence-electron chi connectivity index (χ1n) is 8.95. The summed E-state index contributed by atoms with van der Waals surface area (Å²) in [5.74, 6) is 0.522. The van der Waals surface area contributed by atoms with Gasteiger partial charge < -0.3 is 14.0 Å². The number of para-hydroxylation sites is 1. The molecule has 1 amide bonds. The molecule has 0 N–H and O–H groups in total. The molecule has 142 valence electrons. The van der Waals surface area contributed by atoms with E-state index < -0.39 is 0 Å². The smallest absolute Gasteiger partial charge is 0.279 e. The maximum atomic E-state index is 12.8. The maximum Gasteiger partial charge on any atom is 0.279 e. The molecule has 3 aromatic rings. The van der Waals surface area contributed by atoms with Crippen LogP contribution in [-0.4, -0.2) is 30.8 Å². The molecule has 0 spiro atoms. The molecular weight excluding hydrogens is 360 g/mol. The van der Waals surface area contributed by atoms with E-state index in [0.29, 0.717) is 30.1 Å². The highest BCUT2D eigenvalue weighted by Gasteiger charge is 2.13. The Bertz CT molecular complexity index is 1030. The minimum absolute atomic E-state index is 0.242. The topological polar surface area (TPSA) is 52.8 Å². The molecule has 0 aliphatic rings. The van der Waals surface area contributed by atoms with Gasteiger partial charge in [-0.25, -0.2) is 0 Å². The van der Waals surface area contributed by atoms with Crippen molar-refractivity contribution in [2.45, 2.75) is 27.3 Å². The molecule has 3 rings (SSSR count). The highest BCUT2D eigenvalue weighted by molar-refractivity contribution is 7.16. The monoisotopic (exact) mass is 384 g/mol. The molecule has 1 aromatic heterocycles. The summed E-state index contributed by atoms with van der Waals surface area (Å²) in [6, 6.07) is 11.5. The number of hydrogen-bond acceptors (Lipinski definition) is 4. The van der Waals surface area contributed by atoms with Crippen molar-refractivity contribution in [3.8, 4) is 5.75 Å². The Hall–Kier alpha value is -2.44. The molecule has 0 atom stereocenters. The standard InChI is InChI=1S/C21H24N2O3S/c1-5-26-12-11-23-19-17(25-4)7-6-8-18(19)27-21(23)22-20(24)16-10-9-14(2)15(3)13-16/h6-10,13H,5,11-12H2,1-4H3. The zero-order chi connectivity index (χ0) is 19.4. The number of methoxy groups -OCH3 is 1. The molecule has 5 nitrogen and oxygen atoms in total. The van der Waals surface area contributed by atoms with Crippen molar-refractivity contribution in [3.05, 3.63) is 57.9 Å². The number of nitrogens with zero attached hydrogens (tertiary/aromatic N) is 2. The van der Waals surface area contributed by atoms with E-state index in [9.17, 15) is 4.79 Å². The summed E-state index contributed by atoms with van der Waals surface area (Å²) in [7, 11) is 1.65. The van der Waals surface area contributed by atoms with Crippen LogP contribution in [0, 0.1) is 13.8 Å². The SMILES string of the molecule is CCOCCn1c(=NC(=O)c2ccc(C)c(C)c2)sc2cccc(OC)c21. The van der Waals surface area contributed by atoms with Crippen LogP contribution in [0.2, 0.25) is 0 Å². The van der Waals surface area contributed by atoms with Gasteiger partial charge in [0, 0.05) is 18.7 Å². The van der Waals surface area contributed by atoms with Crippen molar-refractivity contribution in [2.75, 3.05) is 20.3 Å². The lowest BCUT2D eigenvalue weighted by molar-refractivity contribution is 0.0996. The molecule has 0 fully saturated rings. The molecule has 1 heterocycles. The average molecular weight is 385 g/mol. The van der Waals surface area contributed by atoms with E-state index in [1.165, 1.54) is 11.3 Å². The van der Waals surface area contributed by atoms with Crippen LogP contribution >= 0.6 is 11.3 Å². The lowest BCUT2D eigenvalue weighted by atomic mass is 10.1. The quantitative estimate of drug-likeness (QED) is 0.601. The number of rotatable bonds is 6. The molecule has 0 bridgehead atoms. The number of thiazole rings is 1. The van der Waals surface area contributed by atoms with Crippen LogP contribution in [0.5, 0.6) is 5.75 Å². The molecule has 0 unspecified atom stereocenters. The van der Waals surface area contributed by atoms with Gasteiger partial charge in [0.05, 0.1) is 18.4 Å². The first-order chi connectivity index (χ1) is 13.0. The minimum atomic E-state index is -0.242. The average Bonchev–Trinajstić information content (AvgIpc) is 3.01. The number of carbonyl (C=O) groups is 1. The number of hydrogen-bond donors (Lipinski definition) is 0. The van der Waals surface area contributed by atoms with Crippen LogP contribution in [0.4, 0.5) is 0 Å². The summed E-state index contributed by atoms with van der Waals surface area (Å²) in [5, 5.41) is 0. The summed E-state index contributed by atoms with van der Waals surface area (Å²) in [6.45, 7) is 7.79. The van der Waals surface area contributed by atoms with Crippen molar-refractivity contribution >= 4 is 27.5 Å². The van der Waals surface area contributed by atoms with E-state index in [2.05, 4.69) is 4.99 Å². The van der Waals surface area contributed by atoms with Gasteiger partial charge in [0.25, 0.3) is 5.91 Å². The van der Waals surface area contributed by atoms with E-state index in [1.807, 2.05) is 61.7 Å². The van der Waals surface area contributed by atoms with Gasteiger partial charge in [0.2, 0.25) is 0 Å². The zero-order valence-corrected chi connectivity index (χ0v) is 16.9. The van der Waals surface area contributed by atoms with Gasteiger partial charge >= 0.3 is 0 Å². The minimum Gasteiger partial charge on any atom is -0.495 e. The van der Waals surface area contributed by atoms with Crippen molar-refractivity contribution < 1.29 is 14.3 Å². The van der Waals surface area contributed by atoms with Gasteiger partial charge in [-0.05, 0) is 56.2 Å². The zero-order valence-electron chi connectivity index (χ0n) is 16.1. The predicted octanol–water partition coefficient (Wildman–Crippen LogP) is 4.11. The van der Waals surface area contributed by atoms with E-state index >= 15 is 0 Å². The Morgan fingerprint density at radius 3 is 2.70 bits per heavy atom. The number of aryl methyl sites for hydroxylation is 2. The van der Waals surface area contributed by atoms with Crippen LogP contribution < -0.4 is 9.54 Å². The third-order valence-corrected chi connectivity index (χ3v) is 5.54. The van der Waals surface area contributed by atoms with Gasteiger partial charge in [-0.1, -0.05) is 23.5 Å². The van der Waals surface area contributed by atoms with Gasteiger partial charge in [0.15, 0.2) is 4.80 Å². The number of benzene rings is 2. The highest BCUT2D eigenvalue weighted by Crippen LogP contribution is 2.27. The third kappa shape index (κ3) is 4.12. The predicted molar refractivity (Wildman–Crippen MR) is 109 cm³/mol. The normalized spacial score (nSPS) is 11.9. The molecule has 6 heteroatoms. The van der Waals surface area contributed by atoms with Crippen molar-refractivity contribution in [1.82, 2.24) is 4.57 Å². The van der Waals surface area contributed by atoms with E-state index in [1.54, 1.807) is 7.11 Å². The number of carbonyl (C=O) groups excluding carboxylic acids is 1. The Morgan fingerprint density at radius 1 is 1.19 bits per heavy atom. The van der Waals surface area contributed by atoms with E-state index in [-0.39, 0.29) is 5.91 Å². The first-order valence-corrected chi connectivity index (χ1v) is 9.77. The largest absolute Gasteiger partial charge is 0.495 e. The second kappa shape index (κ2) is 8.50. The molecule has 0 aliphatic carbocycles. The molecule has 0 radical (unpaired) electrons. The van der Waals surface area contributed by atoms with Crippen molar-refractivity contribution in [3.63, 3.8) is 0 Å². The van der Waals surface area contributed by atoms with Gasteiger partial charge in [-0.15, -0.1) is 0 Å². The lowest BCUT2D eigenvalue weighted by Crippen LogP contribution is -2.20. The summed E-state index contributed by atoms with van der Waals surface area (Å²) in [6.07, 6.45) is 0. The fraction of sp³-hybridized carbons (Fsp3) is 0.333. The number of fused-ring (bicyclic) bond motifs is 1. The Balaban J connectivity index is 2.11. The summed E-state index contributed by atoms with van der Waals surface area (Å²) >= 11 is 1.48. The molecule has 0 saturated carbocycles. The fourth-order valence-corrected chi connectivity index (χ4v) is 3.95. The number of aromatic nitrogens is 1. The maximum absolute atomic E-state index is 12.8. The third-order valence-electron chi connectivity index (χ3n) is 4.50. The van der Waals surface area contributed by atoms with Crippen LogP contribution in [0.1, 0.15) is 28.4 Å². The number of ether oxygens (including phenoxy) is 2. The summed E-state index contributed by atoms with van der Waals surface area (Å²) in [4.78, 5) is 17.8. The van der Waals surface area contributed by atoms with Gasteiger partial charge in [-0.3, -0.25) is 4.79 Å². The van der Waals surface area contributed by atoms with Crippen LogP contribution in [0.15, 0.2) is 41.4 Å². The Labute approximate surface area is 162 Å². The van der Waals surface area contributed by atoms with Crippen LogP contribution in [0.25, 0.3) is 10.2 Å². The Kier molecular flexibility index (Phi) is 6.08. The van der Waals surface area contributed by atoms with Crippen molar-refractivity contribution in [2.24, 2.45) is 4.99 Å². The molecular formula is C21H24N2O3S. The second-order valence-electron chi connectivity index (χ2n) is 6.26. The van der Waals surface area contributed by atoms with Crippen LogP contribution in [0.3, 0.4) is 0 Å². The lowest BCUT2D eigenvalue weighted by Gasteiger charge is -2.08. The summed E-state index contributed by atoms with van der Waals surface area (Å²) in [5.41, 5.74) is 3.78. The second-order valence-corrected chi connectivity index (χ2v) is 7.27. The van der Waals surface area contributed by atoms with Crippen LogP contribution in [-0.2, 0) is 11.3 Å². The first kappa shape index (κ1) is 19.3. The molecule has 2 aromatic carbocycles. The fourth-order valence-electron chi connectivity index (χ4n) is 2.88. The highest BCUT2D eigenvalue weighted by atomic mass is 32.1. The molecule has 0 aliphatic heterocycles. The molecule has 27 heavy (non-hydrogen) atoms. The van der Waals surface area contributed by atoms with E-state index in [0.717, 1.165) is 27.1 Å². The van der Waals surface area contributed by atoms with Gasteiger partial charge in [0.1, 0.15) is 11.3 Å². The van der Waals surface area contributed by atoms with E-state index in [4.69, 9.17) is 9.47 Å². The number of amides is 1. The van der Waals surface area contributed by atoms with Gasteiger partial charge in [-0.2, -0.15) is 4.99 Å². The molecule has 0 saturated heterocycles.